The molecule has 4 rings (SSSR count). The molecule has 0 bridgehead atoms. The average Bonchev–Trinajstić information content (AvgIpc) is 3.25. The summed E-state index contributed by atoms with van der Waals surface area (Å²) in [4.78, 5) is 30.1. The maximum atomic E-state index is 12.8. The van der Waals surface area contributed by atoms with E-state index in [0.717, 1.165) is 35.1 Å². The van der Waals surface area contributed by atoms with Crippen LogP contribution in [0.2, 0.25) is 0 Å². The molecular formula is C28H34N2O4. The lowest BCUT2D eigenvalue weighted by Crippen LogP contribution is -2.45. The summed E-state index contributed by atoms with van der Waals surface area (Å²) in [5, 5.41) is 1.16. The largest absolute Gasteiger partial charge is 0.489 e. The highest BCUT2D eigenvalue weighted by atomic mass is 16.5. The van der Waals surface area contributed by atoms with Crippen molar-refractivity contribution in [1.82, 2.24) is 9.88 Å². The summed E-state index contributed by atoms with van der Waals surface area (Å²) in [6.07, 6.45) is 4.53. The third-order valence-corrected chi connectivity index (χ3v) is 6.81. The number of fused-ring (bicyclic) bond motifs is 1. The van der Waals surface area contributed by atoms with E-state index in [1.165, 1.54) is 5.56 Å². The minimum atomic E-state index is -0.196. The number of benzene rings is 2. The molecule has 0 spiro atoms. The van der Waals surface area contributed by atoms with E-state index in [4.69, 9.17) is 9.47 Å². The normalized spacial score (nSPS) is 18.3. The number of hydrogen-bond acceptors (Lipinski definition) is 4. The first-order valence-electron chi connectivity index (χ1n) is 12.3. The van der Waals surface area contributed by atoms with Crippen LogP contribution in [-0.2, 0) is 27.4 Å². The standard InChI is InChI=1S/C28H34N2O4/c1-3-21-18-30(27(31)14-23(21)15-28(32)33-4-2)13-12-22-17-29-26-16-24(10-11-25(22)26)34-19-20-8-6-5-7-9-20/h5-11,16-17,21,23,29H,3-4,12-15,18-19H2,1-2H3/t21-,23+/m0/s1. The Morgan fingerprint density at radius 2 is 1.94 bits per heavy atom. The van der Waals surface area contributed by atoms with Crippen LogP contribution in [0.5, 0.6) is 5.75 Å². The van der Waals surface area contributed by atoms with Gasteiger partial charge in [0.2, 0.25) is 5.91 Å². The smallest absolute Gasteiger partial charge is 0.306 e. The second kappa shape index (κ2) is 11.2. The Balaban J connectivity index is 1.34. The zero-order chi connectivity index (χ0) is 23.9. The molecule has 0 saturated carbocycles. The summed E-state index contributed by atoms with van der Waals surface area (Å²) in [6.45, 7) is 6.25. The van der Waals surface area contributed by atoms with Crippen molar-refractivity contribution in [2.24, 2.45) is 11.8 Å². The summed E-state index contributed by atoms with van der Waals surface area (Å²) in [5.41, 5.74) is 3.36. The number of carbonyl (C=O) groups is 2. The second-order valence-electron chi connectivity index (χ2n) is 9.03. The Kier molecular flexibility index (Phi) is 7.88. The Bertz CT molecular complexity index is 1110. The van der Waals surface area contributed by atoms with Crippen LogP contribution >= 0.6 is 0 Å². The number of nitrogens with one attached hydrogen (secondary N) is 1. The summed E-state index contributed by atoms with van der Waals surface area (Å²) in [6, 6.07) is 16.2. The first kappa shape index (κ1) is 23.9. The predicted octanol–water partition coefficient (Wildman–Crippen LogP) is 5.12. The molecule has 1 fully saturated rings. The quantitative estimate of drug-likeness (QED) is 0.425. The molecule has 0 aliphatic carbocycles. The van der Waals surface area contributed by atoms with Gasteiger partial charge in [-0.3, -0.25) is 9.59 Å². The Labute approximate surface area is 201 Å². The second-order valence-corrected chi connectivity index (χ2v) is 9.03. The predicted molar refractivity (Wildman–Crippen MR) is 132 cm³/mol. The highest BCUT2D eigenvalue weighted by Crippen LogP contribution is 2.31. The van der Waals surface area contributed by atoms with Gasteiger partial charge in [-0.15, -0.1) is 0 Å². The number of amides is 1. The molecule has 180 valence electrons. The number of ether oxygens (including phenoxy) is 2. The molecule has 1 aliphatic heterocycles. The van der Waals surface area contributed by atoms with E-state index in [1.54, 1.807) is 0 Å². The maximum absolute atomic E-state index is 12.8. The van der Waals surface area contributed by atoms with Gasteiger partial charge in [0.25, 0.3) is 0 Å². The van der Waals surface area contributed by atoms with Crippen molar-refractivity contribution in [3.05, 3.63) is 65.9 Å². The van der Waals surface area contributed by atoms with E-state index < -0.39 is 0 Å². The fourth-order valence-corrected chi connectivity index (χ4v) is 4.86. The van der Waals surface area contributed by atoms with Crippen LogP contribution in [0.4, 0.5) is 0 Å². The number of piperidine rings is 1. The number of aromatic amines is 1. The lowest BCUT2D eigenvalue weighted by Gasteiger charge is -2.37. The Morgan fingerprint density at radius 3 is 2.71 bits per heavy atom. The molecule has 6 heteroatoms. The summed E-state index contributed by atoms with van der Waals surface area (Å²) >= 11 is 0. The summed E-state index contributed by atoms with van der Waals surface area (Å²) in [7, 11) is 0. The number of aromatic nitrogens is 1. The van der Waals surface area contributed by atoms with E-state index in [0.29, 0.717) is 45.1 Å². The first-order valence-corrected chi connectivity index (χ1v) is 12.3. The van der Waals surface area contributed by atoms with Crippen LogP contribution < -0.4 is 4.74 Å². The topological polar surface area (TPSA) is 71.6 Å². The number of nitrogens with zero attached hydrogens (tertiary/aromatic N) is 1. The van der Waals surface area contributed by atoms with Crippen molar-refractivity contribution >= 4 is 22.8 Å². The van der Waals surface area contributed by atoms with Crippen LogP contribution in [-0.4, -0.2) is 41.5 Å². The molecule has 2 heterocycles. The molecule has 2 aromatic carbocycles. The van der Waals surface area contributed by atoms with Gasteiger partial charge in [-0.1, -0.05) is 43.7 Å². The van der Waals surface area contributed by atoms with Gasteiger partial charge in [-0.25, -0.2) is 0 Å². The molecule has 2 atom stereocenters. The van der Waals surface area contributed by atoms with Crippen molar-refractivity contribution in [2.45, 2.75) is 46.1 Å². The lowest BCUT2D eigenvalue weighted by molar-refractivity contribution is -0.147. The number of rotatable bonds is 10. The van der Waals surface area contributed by atoms with Crippen molar-refractivity contribution < 1.29 is 19.1 Å². The molecule has 3 aromatic rings. The third kappa shape index (κ3) is 5.79. The molecule has 1 saturated heterocycles. The van der Waals surface area contributed by atoms with Gasteiger partial charge in [0, 0.05) is 49.1 Å². The van der Waals surface area contributed by atoms with Gasteiger partial charge in [0.1, 0.15) is 12.4 Å². The molecule has 0 radical (unpaired) electrons. The monoisotopic (exact) mass is 462 g/mol. The third-order valence-electron chi connectivity index (χ3n) is 6.81. The minimum Gasteiger partial charge on any atom is -0.489 e. The highest BCUT2D eigenvalue weighted by Gasteiger charge is 2.34. The number of H-pyrrole nitrogens is 1. The number of hydrogen-bond donors (Lipinski definition) is 1. The molecule has 1 aliphatic rings. The molecule has 1 aromatic heterocycles. The summed E-state index contributed by atoms with van der Waals surface area (Å²) < 4.78 is 11.1. The van der Waals surface area contributed by atoms with Crippen LogP contribution in [0.3, 0.4) is 0 Å². The van der Waals surface area contributed by atoms with Gasteiger partial charge < -0.3 is 19.4 Å². The van der Waals surface area contributed by atoms with E-state index in [2.05, 4.69) is 30.1 Å². The van der Waals surface area contributed by atoms with E-state index in [9.17, 15) is 9.59 Å². The van der Waals surface area contributed by atoms with Crippen molar-refractivity contribution in [3.63, 3.8) is 0 Å². The number of likely N-dealkylation sites (tertiary alicyclic amines) is 1. The van der Waals surface area contributed by atoms with Crippen LogP contribution in [0.15, 0.2) is 54.7 Å². The van der Waals surface area contributed by atoms with Crippen LogP contribution in [0.1, 0.15) is 44.2 Å². The molecular weight excluding hydrogens is 428 g/mol. The fraction of sp³-hybridized carbons (Fsp3) is 0.429. The van der Waals surface area contributed by atoms with Crippen LogP contribution in [0, 0.1) is 11.8 Å². The molecule has 34 heavy (non-hydrogen) atoms. The Morgan fingerprint density at radius 1 is 1.12 bits per heavy atom. The van der Waals surface area contributed by atoms with E-state index in [-0.39, 0.29) is 17.8 Å². The zero-order valence-corrected chi connectivity index (χ0v) is 20.1. The molecule has 1 N–H and O–H groups in total. The number of esters is 1. The van der Waals surface area contributed by atoms with Crippen molar-refractivity contribution in [3.8, 4) is 5.75 Å². The van der Waals surface area contributed by atoms with Gasteiger partial charge in [0.05, 0.1) is 6.61 Å². The first-order chi connectivity index (χ1) is 16.6. The Hall–Kier alpha value is -3.28. The van der Waals surface area contributed by atoms with E-state index >= 15 is 0 Å². The van der Waals surface area contributed by atoms with Crippen LogP contribution in [0.25, 0.3) is 10.9 Å². The fourth-order valence-electron chi connectivity index (χ4n) is 4.86. The van der Waals surface area contributed by atoms with Crippen molar-refractivity contribution in [2.75, 3.05) is 19.7 Å². The molecule has 1 amide bonds. The van der Waals surface area contributed by atoms with E-state index in [1.807, 2.05) is 48.4 Å². The summed E-state index contributed by atoms with van der Waals surface area (Å²) in [5.74, 6) is 1.17. The molecule has 6 nitrogen and oxygen atoms in total. The maximum Gasteiger partial charge on any atom is 0.306 e. The lowest BCUT2D eigenvalue weighted by atomic mass is 9.81. The SMILES string of the molecule is CCOC(=O)C[C@H]1CC(=O)N(CCc2c[nH]c3cc(OCc4ccccc4)ccc23)C[C@@H]1CC. The van der Waals surface area contributed by atoms with Crippen molar-refractivity contribution in [1.29, 1.82) is 0 Å². The minimum absolute atomic E-state index is 0.0789. The molecule has 0 unspecified atom stereocenters. The number of carbonyl (C=O) groups excluding carboxylic acids is 2. The van der Waals surface area contributed by atoms with Gasteiger partial charge in [0.15, 0.2) is 0 Å². The van der Waals surface area contributed by atoms with Gasteiger partial charge >= 0.3 is 5.97 Å². The highest BCUT2D eigenvalue weighted by molar-refractivity contribution is 5.84. The average molecular weight is 463 g/mol. The van der Waals surface area contributed by atoms with Gasteiger partial charge in [-0.2, -0.15) is 0 Å². The zero-order valence-electron chi connectivity index (χ0n) is 20.1. The van der Waals surface area contributed by atoms with Gasteiger partial charge in [-0.05, 0) is 48.4 Å².